The summed E-state index contributed by atoms with van der Waals surface area (Å²) in [6.07, 6.45) is 0.553. The predicted molar refractivity (Wildman–Crippen MR) is 165 cm³/mol. The Morgan fingerprint density at radius 1 is 0.902 bits per heavy atom. The van der Waals surface area contributed by atoms with Crippen LogP contribution in [0.25, 0.3) is 27.4 Å². The van der Waals surface area contributed by atoms with Crippen LogP contribution in [0.5, 0.6) is 5.75 Å². The lowest BCUT2D eigenvalue weighted by atomic mass is 10.1. The van der Waals surface area contributed by atoms with Gasteiger partial charge in [-0.25, -0.2) is 9.78 Å². The Morgan fingerprint density at radius 2 is 1.59 bits per heavy atom. The topological polar surface area (TPSA) is 79.7 Å². The van der Waals surface area contributed by atoms with Crippen molar-refractivity contribution in [2.24, 2.45) is 0 Å². The highest BCUT2D eigenvalue weighted by Gasteiger charge is 2.29. The fraction of sp³-hybridized carbons (Fsp3) is 0.242. The molecule has 5 rings (SSSR count). The van der Waals surface area contributed by atoms with Gasteiger partial charge in [-0.15, -0.1) is 0 Å². The predicted octanol–water partition coefficient (Wildman–Crippen LogP) is 6.09. The number of anilines is 1. The number of methoxy groups -OCH3 is 1. The number of para-hydroxylation sites is 1. The molecule has 4 aromatic carbocycles. The molecule has 0 radical (unpaired) electrons. The number of hydrogen-bond donors (Lipinski definition) is 1. The third-order valence-corrected chi connectivity index (χ3v) is 7.27. The molecule has 1 unspecified atom stereocenters. The third kappa shape index (κ3) is 5.78. The van der Waals surface area contributed by atoms with Crippen LogP contribution in [0.2, 0.25) is 0 Å². The summed E-state index contributed by atoms with van der Waals surface area (Å²) in [5.41, 5.74) is 1.80. The number of carbonyl (C=O) groups excluding carboxylic acids is 1. The quantitative estimate of drug-likeness (QED) is 0.241. The minimum absolute atomic E-state index is 0.184. The fourth-order valence-corrected chi connectivity index (χ4v) is 5.12. The van der Waals surface area contributed by atoms with E-state index in [9.17, 15) is 9.59 Å². The molecule has 0 fully saturated rings. The number of fused-ring (bicyclic) bond motifs is 2. The SMILES string of the molecule is CCC(c1nc2ccccc2c(=O)n1-c1ccc(OC)cc1)N(CCN(C)C)C(=O)Nc1cccc2ccccc12. The number of ether oxygens (including phenoxy) is 1. The standard InChI is InChI=1S/C33H35N5O3/c1-5-30(37(22-21-36(2)3)33(40)35-28-16-10-12-23-11-6-7-13-26(23)28)31-34-29-15-9-8-14-27(29)32(39)38(31)24-17-19-25(41-4)20-18-24/h6-20,30H,5,21-22H2,1-4H3,(H,35,40). The smallest absolute Gasteiger partial charge is 0.322 e. The van der Waals surface area contributed by atoms with Crippen molar-refractivity contribution in [1.82, 2.24) is 19.4 Å². The molecular weight excluding hydrogens is 514 g/mol. The normalized spacial score (nSPS) is 12.0. The van der Waals surface area contributed by atoms with E-state index in [-0.39, 0.29) is 11.6 Å². The zero-order valence-electron chi connectivity index (χ0n) is 23.9. The molecule has 1 atom stereocenters. The first kappa shape index (κ1) is 27.9. The molecule has 8 heteroatoms. The number of urea groups is 1. The summed E-state index contributed by atoms with van der Waals surface area (Å²) >= 11 is 0. The lowest BCUT2D eigenvalue weighted by molar-refractivity contribution is 0.173. The number of nitrogens with zero attached hydrogens (tertiary/aromatic N) is 4. The van der Waals surface area contributed by atoms with Crippen LogP contribution >= 0.6 is 0 Å². The molecule has 2 amide bonds. The van der Waals surface area contributed by atoms with Gasteiger partial charge in [0, 0.05) is 18.5 Å². The first-order valence-electron chi connectivity index (χ1n) is 13.8. The summed E-state index contributed by atoms with van der Waals surface area (Å²) in [6, 6.07) is 27.7. The van der Waals surface area contributed by atoms with Crippen molar-refractivity contribution in [3.63, 3.8) is 0 Å². The highest BCUT2D eigenvalue weighted by Crippen LogP contribution is 2.29. The number of aromatic nitrogens is 2. The third-order valence-electron chi connectivity index (χ3n) is 7.27. The van der Waals surface area contributed by atoms with Gasteiger partial charge in [0.05, 0.1) is 35.4 Å². The zero-order valence-corrected chi connectivity index (χ0v) is 23.9. The first-order chi connectivity index (χ1) is 19.9. The zero-order chi connectivity index (χ0) is 28.9. The number of rotatable bonds is 9. The van der Waals surface area contributed by atoms with Gasteiger partial charge in [-0.2, -0.15) is 0 Å². The van der Waals surface area contributed by atoms with Crippen LogP contribution in [0.4, 0.5) is 10.5 Å². The van der Waals surface area contributed by atoms with Gasteiger partial charge >= 0.3 is 6.03 Å². The lowest BCUT2D eigenvalue weighted by Gasteiger charge is -2.33. The minimum atomic E-state index is -0.482. The average Bonchev–Trinajstić information content (AvgIpc) is 2.99. The van der Waals surface area contributed by atoms with E-state index in [0.717, 1.165) is 16.5 Å². The molecule has 0 saturated heterocycles. The number of likely N-dealkylation sites (N-methyl/N-ethyl adjacent to an activating group) is 1. The lowest BCUT2D eigenvalue weighted by Crippen LogP contribution is -2.43. The maximum Gasteiger partial charge on any atom is 0.322 e. The van der Waals surface area contributed by atoms with Gasteiger partial charge in [-0.3, -0.25) is 9.36 Å². The summed E-state index contributed by atoms with van der Waals surface area (Å²) in [7, 11) is 5.56. The average molecular weight is 550 g/mol. The van der Waals surface area contributed by atoms with Gasteiger partial charge in [0.1, 0.15) is 11.6 Å². The Hall–Kier alpha value is -4.69. The molecule has 5 aromatic rings. The van der Waals surface area contributed by atoms with Crippen LogP contribution in [0.1, 0.15) is 25.2 Å². The van der Waals surface area contributed by atoms with Crippen molar-refractivity contribution in [3.8, 4) is 11.4 Å². The molecule has 8 nitrogen and oxygen atoms in total. The highest BCUT2D eigenvalue weighted by atomic mass is 16.5. The Morgan fingerprint density at radius 3 is 2.29 bits per heavy atom. The van der Waals surface area contributed by atoms with Crippen molar-refractivity contribution in [1.29, 1.82) is 0 Å². The molecule has 0 spiro atoms. The van der Waals surface area contributed by atoms with Gasteiger partial charge in [0.2, 0.25) is 0 Å². The Balaban J connectivity index is 1.64. The van der Waals surface area contributed by atoms with Crippen molar-refractivity contribution < 1.29 is 9.53 Å². The number of nitrogens with one attached hydrogen (secondary N) is 1. The summed E-state index contributed by atoms with van der Waals surface area (Å²) in [6.45, 7) is 3.09. The first-order valence-corrected chi connectivity index (χ1v) is 13.8. The Labute approximate surface area is 239 Å². The van der Waals surface area contributed by atoms with Gasteiger partial charge in [-0.1, -0.05) is 55.5 Å². The van der Waals surface area contributed by atoms with E-state index < -0.39 is 6.04 Å². The largest absolute Gasteiger partial charge is 0.497 e. The van der Waals surface area contributed by atoms with Crippen LogP contribution in [-0.4, -0.2) is 59.7 Å². The van der Waals surface area contributed by atoms with Crippen LogP contribution in [0, 0.1) is 0 Å². The molecule has 1 aromatic heterocycles. The van der Waals surface area contributed by atoms with Crippen molar-refractivity contribution in [2.75, 3.05) is 39.6 Å². The van der Waals surface area contributed by atoms with E-state index in [1.807, 2.05) is 111 Å². The molecule has 0 aliphatic carbocycles. The molecule has 0 aliphatic rings. The second kappa shape index (κ2) is 12.2. The minimum Gasteiger partial charge on any atom is -0.497 e. The van der Waals surface area contributed by atoms with Gasteiger partial charge < -0.3 is 19.9 Å². The molecule has 41 heavy (non-hydrogen) atoms. The second-order valence-electron chi connectivity index (χ2n) is 10.2. The van der Waals surface area contributed by atoms with Crippen molar-refractivity contribution in [3.05, 3.63) is 107 Å². The Bertz CT molecular complexity index is 1720. The maximum atomic E-state index is 14.1. The molecule has 1 N–H and O–H groups in total. The number of hydrogen-bond acceptors (Lipinski definition) is 5. The van der Waals surface area contributed by atoms with E-state index in [4.69, 9.17) is 9.72 Å². The Kier molecular flexibility index (Phi) is 8.31. The molecule has 210 valence electrons. The summed E-state index contributed by atoms with van der Waals surface area (Å²) in [5.74, 6) is 1.19. The van der Waals surface area contributed by atoms with Gasteiger partial charge in [-0.05, 0) is 68.4 Å². The number of benzene rings is 4. The molecule has 0 saturated carbocycles. The highest BCUT2D eigenvalue weighted by molar-refractivity contribution is 6.01. The van der Waals surface area contributed by atoms with Gasteiger partial charge in [0.15, 0.2) is 0 Å². The van der Waals surface area contributed by atoms with E-state index in [1.165, 1.54) is 0 Å². The summed E-state index contributed by atoms with van der Waals surface area (Å²) in [4.78, 5) is 36.9. The van der Waals surface area contributed by atoms with E-state index in [0.29, 0.717) is 47.7 Å². The van der Waals surface area contributed by atoms with Crippen LogP contribution in [0.15, 0.2) is 95.8 Å². The molecule has 1 heterocycles. The summed E-state index contributed by atoms with van der Waals surface area (Å²) in [5, 5.41) is 5.68. The molecular formula is C33H35N5O3. The van der Waals surface area contributed by atoms with E-state index in [1.54, 1.807) is 22.6 Å². The fourth-order valence-electron chi connectivity index (χ4n) is 5.12. The van der Waals surface area contributed by atoms with Crippen LogP contribution in [-0.2, 0) is 0 Å². The monoisotopic (exact) mass is 549 g/mol. The van der Waals surface area contributed by atoms with E-state index >= 15 is 0 Å². The maximum absolute atomic E-state index is 14.1. The van der Waals surface area contributed by atoms with E-state index in [2.05, 4.69) is 5.32 Å². The van der Waals surface area contributed by atoms with Crippen LogP contribution < -0.4 is 15.6 Å². The summed E-state index contributed by atoms with van der Waals surface area (Å²) < 4.78 is 6.98. The number of amides is 2. The van der Waals surface area contributed by atoms with Crippen molar-refractivity contribution >= 4 is 33.4 Å². The molecule has 0 bridgehead atoms. The van der Waals surface area contributed by atoms with Crippen molar-refractivity contribution in [2.45, 2.75) is 19.4 Å². The molecule has 0 aliphatic heterocycles. The second-order valence-corrected chi connectivity index (χ2v) is 10.2. The van der Waals surface area contributed by atoms with Crippen LogP contribution in [0.3, 0.4) is 0 Å². The number of carbonyl (C=O) groups is 1. The van der Waals surface area contributed by atoms with Gasteiger partial charge in [0.25, 0.3) is 5.56 Å².